The van der Waals surface area contributed by atoms with Crippen molar-refractivity contribution >= 4 is 17.6 Å². The fourth-order valence-electron chi connectivity index (χ4n) is 3.17. The van der Waals surface area contributed by atoms with Crippen LogP contribution in [0, 0.1) is 0 Å². The van der Waals surface area contributed by atoms with Gasteiger partial charge in [0, 0.05) is 19.7 Å². The van der Waals surface area contributed by atoms with Crippen LogP contribution in [0.15, 0.2) is 54.6 Å². The molecule has 0 atom stereocenters. The zero-order valence-electron chi connectivity index (χ0n) is 16.6. The molecule has 3 aromatic rings. The van der Waals surface area contributed by atoms with E-state index in [-0.39, 0.29) is 30.7 Å². The Morgan fingerprint density at radius 1 is 1.03 bits per heavy atom. The maximum atomic E-state index is 12.4. The molecular formula is C22H22N4O4. The average Bonchev–Trinajstić information content (AvgIpc) is 3.35. The SMILES string of the molecule is Cn1nc(C(=O)NCCc2ccc3c(c2)OCO3)cc1NC(=O)Cc1ccccc1. The maximum absolute atomic E-state index is 12.4. The summed E-state index contributed by atoms with van der Waals surface area (Å²) >= 11 is 0. The summed E-state index contributed by atoms with van der Waals surface area (Å²) in [5, 5.41) is 9.84. The molecule has 0 spiro atoms. The zero-order chi connectivity index (χ0) is 20.9. The maximum Gasteiger partial charge on any atom is 0.271 e. The first-order valence-corrected chi connectivity index (χ1v) is 9.63. The van der Waals surface area contributed by atoms with E-state index in [4.69, 9.17) is 9.47 Å². The fourth-order valence-corrected chi connectivity index (χ4v) is 3.17. The van der Waals surface area contributed by atoms with Gasteiger partial charge in [0.2, 0.25) is 12.7 Å². The summed E-state index contributed by atoms with van der Waals surface area (Å²) in [6, 6.07) is 16.7. The highest BCUT2D eigenvalue weighted by Crippen LogP contribution is 2.32. The van der Waals surface area contributed by atoms with E-state index >= 15 is 0 Å². The molecule has 30 heavy (non-hydrogen) atoms. The molecule has 0 saturated carbocycles. The highest BCUT2D eigenvalue weighted by molar-refractivity contribution is 5.95. The van der Waals surface area contributed by atoms with Crippen LogP contribution in [0.25, 0.3) is 0 Å². The number of aromatic nitrogens is 2. The number of nitrogens with one attached hydrogen (secondary N) is 2. The fraction of sp³-hybridized carbons (Fsp3) is 0.227. The summed E-state index contributed by atoms with van der Waals surface area (Å²) in [6.45, 7) is 0.685. The first-order chi connectivity index (χ1) is 14.6. The molecule has 0 aliphatic carbocycles. The number of benzene rings is 2. The van der Waals surface area contributed by atoms with Gasteiger partial charge in [-0.3, -0.25) is 14.3 Å². The van der Waals surface area contributed by atoms with E-state index in [0.29, 0.717) is 18.8 Å². The molecule has 1 aliphatic heterocycles. The van der Waals surface area contributed by atoms with E-state index in [1.54, 1.807) is 13.1 Å². The summed E-state index contributed by atoms with van der Waals surface area (Å²) in [5.74, 6) is 1.46. The second-order valence-corrected chi connectivity index (χ2v) is 6.94. The largest absolute Gasteiger partial charge is 0.454 e. The van der Waals surface area contributed by atoms with Gasteiger partial charge >= 0.3 is 0 Å². The lowest BCUT2D eigenvalue weighted by atomic mass is 10.1. The Hall–Kier alpha value is -3.81. The molecule has 8 heteroatoms. The molecular weight excluding hydrogens is 384 g/mol. The van der Waals surface area contributed by atoms with Gasteiger partial charge in [0.25, 0.3) is 5.91 Å². The van der Waals surface area contributed by atoms with Crippen molar-refractivity contribution in [2.75, 3.05) is 18.7 Å². The first-order valence-electron chi connectivity index (χ1n) is 9.63. The van der Waals surface area contributed by atoms with Gasteiger partial charge in [0.15, 0.2) is 17.2 Å². The molecule has 0 unspecified atom stereocenters. The van der Waals surface area contributed by atoms with Crippen LogP contribution in [-0.4, -0.2) is 34.9 Å². The molecule has 154 valence electrons. The van der Waals surface area contributed by atoms with Crippen LogP contribution < -0.4 is 20.1 Å². The number of ether oxygens (including phenoxy) is 2. The number of carbonyl (C=O) groups excluding carboxylic acids is 2. The number of hydrogen-bond acceptors (Lipinski definition) is 5. The Kier molecular flexibility index (Phi) is 5.65. The van der Waals surface area contributed by atoms with Crippen LogP contribution in [0.1, 0.15) is 21.6 Å². The number of fused-ring (bicyclic) bond motifs is 1. The normalized spacial score (nSPS) is 11.9. The average molecular weight is 406 g/mol. The van der Waals surface area contributed by atoms with Gasteiger partial charge in [0.1, 0.15) is 5.82 Å². The van der Waals surface area contributed by atoms with Crippen LogP contribution in [0.5, 0.6) is 11.5 Å². The van der Waals surface area contributed by atoms with E-state index in [1.165, 1.54) is 4.68 Å². The van der Waals surface area contributed by atoms with Gasteiger partial charge in [-0.1, -0.05) is 36.4 Å². The van der Waals surface area contributed by atoms with Gasteiger partial charge in [-0.15, -0.1) is 0 Å². The number of hydrogen-bond donors (Lipinski definition) is 2. The number of amides is 2. The predicted octanol–water partition coefficient (Wildman–Crippen LogP) is 2.30. The highest BCUT2D eigenvalue weighted by Gasteiger charge is 2.16. The van der Waals surface area contributed by atoms with Gasteiger partial charge < -0.3 is 20.1 Å². The summed E-state index contributed by atoms with van der Waals surface area (Å²) in [6.07, 6.45) is 0.902. The summed E-state index contributed by atoms with van der Waals surface area (Å²) < 4.78 is 12.1. The van der Waals surface area contributed by atoms with Crippen molar-refractivity contribution in [1.29, 1.82) is 0 Å². The Bertz CT molecular complexity index is 1060. The van der Waals surface area contributed by atoms with Gasteiger partial charge in [-0.05, 0) is 29.7 Å². The third kappa shape index (κ3) is 4.60. The van der Waals surface area contributed by atoms with Gasteiger partial charge in [-0.25, -0.2) is 0 Å². The van der Waals surface area contributed by atoms with E-state index in [1.807, 2.05) is 48.5 Å². The van der Waals surface area contributed by atoms with E-state index in [9.17, 15) is 9.59 Å². The van der Waals surface area contributed by atoms with Crippen LogP contribution in [0.3, 0.4) is 0 Å². The molecule has 0 saturated heterocycles. The molecule has 0 bridgehead atoms. The van der Waals surface area contributed by atoms with Crippen molar-refractivity contribution in [2.45, 2.75) is 12.8 Å². The highest BCUT2D eigenvalue weighted by atomic mass is 16.7. The smallest absolute Gasteiger partial charge is 0.271 e. The zero-order valence-corrected chi connectivity index (χ0v) is 16.6. The molecule has 2 N–H and O–H groups in total. The predicted molar refractivity (Wildman–Crippen MR) is 111 cm³/mol. The molecule has 2 aromatic carbocycles. The Labute approximate surface area is 173 Å². The number of anilines is 1. The van der Waals surface area contributed by atoms with Crippen molar-refractivity contribution in [3.63, 3.8) is 0 Å². The summed E-state index contributed by atoms with van der Waals surface area (Å²) in [5.41, 5.74) is 2.20. The number of rotatable bonds is 7. The summed E-state index contributed by atoms with van der Waals surface area (Å²) in [4.78, 5) is 24.7. The van der Waals surface area contributed by atoms with E-state index in [0.717, 1.165) is 22.6 Å². The summed E-state index contributed by atoms with van der Waals surface area (Å²) in [7, 11) is 1.68. The van der Waals surface area contributed by atoms with Crippen LogP contribution in [0.4, 0.5) is 5.82 Å². The lowest BCUT2D eigenvalue weighted by Crippen LogP contribution is -2.26. The Morgan fingerprint density at radius 2 is 1.83 bits per heavy atom. The van der Waals surface area contributed by atoms with Gasteiger partial charge in [-0.2, -0.15) is 5.10 Å². The Morgan fingerprint density at radius 3 is 2.67 bits per heavy atom. The van der Waals surface area contributed by atoms with Crippen molar-refractivity contribution in [2.24, 2.45) is 7.05 Å². The lowest BCUT2D eigenvalue weighted by Gasteiger charge is -2.05. The quantitative estimate of drug-likeness (QED) is 0.628. The van der Waals surface area contributed by atoms with Crippen LogP contribution in [0.2, 0.25) is 0 Å². The standard InChI is InChI=1S/C22H22N4O4/c1-26-20(24-21(27)12-15-5-3-2-4-6-15)13-17(25-26)22(28)23-10-9-16-7-8-18-19(11-16)30-14-29-18/h2-8,11,13H,9-10,12,14H2,1H3,(H,23,28)(H,24,27). The third-order valence-electron chi connectivity index (χ3n) is 4.72. The van der Waals surface area contributed by atoms with Crippen molar-refractivity contribution < 1.29 is 19.1 Å². The van der Waals surface area contributed by atoms with Crippen LogP contribution in [-0.2, 0) is 24.7 Å². The number of nitrogens with zero attached hydrogens (tertiary/aromatic N) is 2. The van der Waals surface area contributed by atoms with Crippen molar-refractivity contribution in [3.05, 3.63) is 71.4 Å². The van der Waals surface area contributed by atoms with Crippen molar-refractivity contribution in [1.82, 2.24) is 15.1 Å². The van der Waals surface area contributed by atoms with Gasteiger partial charge in [0.05, 0.1) is 6.42 Å². The molecule has 1 aliphatic rings. The molecule has 0 fully saturated rings. The molecule has 1 aromatic heterocycles. The first kappa shape index (κ1) is 19.5. The minimum Gasteiger partial charge on any atom is -0.454 e. The van der Waals surface area contributed by atoms with E-state index in [2.05, 4.69) is 15.7 Å². The molecule has 2 heterocycles. The number of aryl methyl sites for hydroxylation is 1. The molecule has 0 radical (unpaired) electrons. The minimum atomic E-state index is -0.296. The minimum absolute atomic E-state index is 0.168. The number of carbonyl (C=O) groups is 2. The third-order valence-corrected chi connectivity index (χ3v) is 4.72. The lowest BCUT2D eigenvalue weighted by molar-refractivity contribution is -0.115. The van der Waals surface area contributed by atoms with Crippen LogP contribution >= 0.6 is 0 Å². The molecule has 4 rings (SSSR count). The topological polar surface area (TPSA) is 94.5 Å². The van der Waals surface area contributed by atoms with E-state index < -0.39 is 0 Å². The molecule has 2 amide bonds. The molecule has 8 nitrogen and oxygen atoms in total. The second-order valence-electron chi connectivity index (χ2n) is 6.94. The Balaban J connectivity index is 1.30. The second kappa shape index (κ2) is 8.69. The van der Waals surface area contributed by atoms with Crippen molar-refractivity contribution in [3.8, 4) is 11.5 Å². The monoisotopic (exact) mass is 406 g/mol.